The third kappa shape index (κ3) is 8.22. The van der Waals surface area contributed by atoms with Gasteiger partial charge in [0.05, 0.1) is 0 Å². The first kappa shape index (κ1) is 24.7. The predicted molar refractivity (Wildman–Crippen MR) is 135 cm³/mol. The van der Waals surface area contributed by atoms with Crippen molar-refractivity contribution in [3.8, 4) is 11.5 Å². The second-order valence-electron chi connectivity index (χ2n) is 7.42. The lowest BCUT2D eigenvalue weighted by atomic mass is 10.2. The van der Waals surface area contributed by atoms with Gasteiger partial charge in [0.2, 0.25) is 5.91 Å². The lowest BCUT2D eigenvalue weighted by molar-refractivity contribution is -0.118. The first-order valence-electron chi connectivity index (χ1n) is 10.8. The van der Waals surface area contributed by atoms with Crippen LogP contribution in [0.2, 0.25) is 0 Å². The van der Waals surface area contributed by atoms with Gasteiger partial charge in [-0.2, -0.15) is 0 Å². The van der Waals surface area contributed by atoms with Gasteiger partial charge in [-0.1, -0.05) is 48.5 Å². The molecule has 34 heavy (non-hydrogen) atoms. The van der Waals surface area contributed by atoms with Gasteiger partial charge in [-0.05, 0) is 54.2 Å². The fourth-order valence-electron chi connectivity index (χ4n) is 3.09. The van der Waals surface area contributed by atoms with Crippen LogP contribution in [0.4, 0.5) is 0 Å². The zero-order valence-electron chi connectivity index (χ0n) is 18.7. The maximum absolute atomic E-state index is 12.7. The Balaban J connectivity index is 1.51. The molecule has 0 aliphatic carbocycles. The minimum absolute atomic E-state index is 0.128. The number of amides is 2. The quantitative estimate of drug-likeness (QED) is 0.324. The topological polar surface area (TPSA) is 93.9 Å². The van der Waals surface area contributed by atoms with Gasteiger partial charge in [0.25, 0.3) is 5.91 Å². The molecule has 7 nitrogen and oxygen atoms in total. The van der Waals surface area contributed by atoms with Gasteiger partial charge in [0.1, 0.15) is 24.7 Å². The lowest BCUT2D eigenvalue weighted by Gasteiger charge is -2.25. The van der Waals surface area contributed by atoms with Crippen LogP contribution in [0.25, 0.3) is 0 Å². The SMILES string of the molecule is NC(=O)CCN(Cc1ccccc1)C(=S)NC(=O)c1ccc(OCCOc2ccccc2)cc1. The summed E-state index contributed by atoms with van der Waals surface area (Å²) in [6.45, 7) is 1.54. The van der Waals surface area contributed by atoms with E-state index in [1.165, 1.54) is 0 Å². The predicted octanol–water partition coefficient (Wildman–Crippen LogP) is 3.54. The highest BCUT2D eigenvalue weighted by molar-refractivity contribution is 7.80. The Morgan fingerprint density at radius 2 is 1.38 bits per heavy atom. The van der Waals surface area contributed by atoms with Crippen molar-refractivity contribution in [2.45, 2.75) is 13.0 Å². The summed E-state index contributed by atoms with van der Waals surface area (Å²) in [5.41, 5.74) is 6.73. The molecule has 0 unspecified atom stereocenters. The number of nitrogens with zero attached hydrogens (tertiary/aromatic N) is 1. The normalized spacial score (nSPS) is 10.2. The third-order valence-electron chi connectivity index (χ3n) is 4.83. The number of para-hydroxylation sites is 1. The molecule has 3 N–H and O–H groups in total. The molecule has 0 aliphatic rings. The van der Waals surface area contributed by atoms with Gasteiger partial charge < -0.3 is 20.1 Å². The van der Waals surface area contributed by atoms with Gasteiger partial charge in [0, 0.05) is 25.1 Å². The molecule has 0 saturated carbocycles. The number of carbonyl (C=O) groups excluding carboxylic acids is 2. The van der Waals surface area contributed by atoms with Gasteiger partial charge in [-0.3, -0.25) is 14.9 Å². The summed E-state index contributed by atoms with van der Waals surface area (Å²) >= 11 is 5.44. The minimum atomic E-state index is -0.433. The first-order valence-corrected chi connectivity index (χ1v) is 11.3. The van der Waals surface area contributed by atoms with Crippen molar-refractivity contribution < 1.29 is 19.1 Å². The van der Waals surface area contributed by atoms with Crippen molar-refractivity contribution in [3.05, 3.63) is 96.1 Å². The van der Waals surface area contributed by atoms with Crippen LogP contribution < -0.4 is 20.5 Å². The highest BCUT2D eigenvalue weighted by atomic mass is 32.1. The van der Waals surface area contributed by atoms with E-state index in [4.69, 9.17) is 27.4 Å². The van der Waals surface area contributed by atoms with Crippen molar-refractivity contribution in [2.75, 3.05) is 19.8 Å². The van der Waals surface area contributed by atoms with Crippen molar-refractivity contribution in [2.24, 2.45) is 5.73 Å². The fourth-order valence-corrected chi connectivity index (χ4v) is 3.34. The zero-order valence-corrected chi connectivity index (χ0v) is 19.5. The Morgan fingerprint density at radius 1 is 0.824 bits per heavy atom. The van der Waals surface area contributed by atoms with E-state index in [9.17, 15) is 9.59 Å². The molecule has 0 bridgehead atoms. The number of hydrogen-bond acceptors (Lipinski definition) is 5. The second-order valence-corrected chi connectivity index (χ2v) is 7.80. The number of thiocarbonyl (C=S) groups is 1. The van der Waals surface area contributed by atoms with Crippen LogP contribution in [0.1, 0.15) is 22.3 Å². The summed E-state index contributed by atoms with van der Waals surface area (Å²) in [4.78, 5) is 25.7. The van der Waals surface area contributed by atoms with E-state index in [-0.39, 0.29) is 17.4 Å². The van der Waals surface area contributed by atoms with E-state index >= 15 is 0 Å². The number of carbonyl (C=O) groups is 2. The molecular formula is C26H27N3O4S. The fraction of sp³-hybridized carbons (Fsp3) is 0.192. The van der Waals surface area contributed by atoms with E-state index in [0.717, 1.165) is 11.3 Å². The number of benzene rings is 3. The van der Waals surface area contributed by atoms with E-state index in [2.05, 4.69) is 5.32 Å². The van der Waals surface area contributed by atoms with Gasteiger partial charge in [-0.25, -0.2) is 0 Å². The van der Waals surface area contributed by atoms with Crippen LogP contribution >= 0.6 is 12.2 Å². The number of rotatable bonds is 11. The molecule has 3 rings (SSSR count). The summed E-state index contributed by atoms with van der Waals surface area (Å²) in [6, 6.07) is 25.9. The number of hydrogen-bond donors (Lipinski definition) is 2. The molecule has 8 heteroatoms. The van der Waals surface area contributed by atoms with Crippen LogP contribution in [0.3, 0.4) is 0 Å². The molecule has 0 saturated heterocycles. The van der Waals surface area contributed by atoms with Crippen LogP contribution in [0.15, 0.2) is 84.9 Å². The summed E-state index contributed by atoms with van der Waals surface area (Å²) in [5, 5.41) is 2.97. The number of ether oxygens (including phenoxy) is 2. The maximum Gasteiger partial charge on any atom is 0.257 e. The van der Waals surface area contributed by atoms with Gasteiger partial charge in [-0.15, -0.1) is 0 Å². The highest BCUT2D eigenvalue weighted by Gasteiger charge is 2.15. The van der Waals surface area contributed by atoms with Crippen LogP contribution in [0, 0.1) is 0 Å². The molecule has 2 amide bonds. The highest BCUT2D eigenvalue weighted by Crippen LogP contribution is 2.13. The summed E-state index contributed by atoms with van der Waals surface area (Å²) in [5.74, 6) is 0.632. The smallest absolute Gasteiger partial charge is 0.257 e. The molecule has 0 aromatic heterocycles. The van der Waals surface area contributed by atoms with Gasteiger partial charge in [0.15, 0.2) is 5.11 Å². The standard InChI is InChI=1S/C26H27N3O4S/c27-24(30)15-16-29(19-20-7-3-1-4-8-20)26(34)28-25(31)21-11-13-23(14-12-21)33-18-17-32-22-9-5-2-6-10-22/h1-14H,15-19H2,(H2,27,30)(H,28,31,34). The lowest BCUT2D eigenvalue weighted by Crippen LogP contribution is -2.43. The van der Waals surface area contributed by atoms with Crippen LogP contribution in [-0.4, -0.2) is 41.6 Å². The van der Waals surface area contributed by atoms with E-state index < -0.39 is 5.91 Å². The molecule has 0 fully saturated rings. The van der Waals surface area contributed by atoms with E-state index in [0.29, 0.717) is 37.6 Å². The molecular weight excluding hydrogens is 450 g/mol. The Kier molecular flexibility index (Phi) is 9.42. The van der Waals surface area contributed by atoms with Crippen molar-refractivity contribution in [1.82, 2.24) is 10.2 Å². The number of nitrogens with two attached hydrogens (primary N) is 1. The molecule has 0 radical (unpaired) electrons. The zero-order chi connectivity index (χ0) is 24.2. The number of nitrogens with one attached hydrogen (secondary N) is 1. The van der Waals surface area contributed by atoms with E-state index in [1.54, 1.807) is 29.2 Å². The first-order chi connectivity index (χ1) is 16.5. The Bertz CT molecular complexity index is 1080. The minimum Gasteiger partial charge on any atom is -0.490 e. The maximum atomic E-state index is 12.7. The van der Waals surface area contributed by atoms with E-state index in [1.807, 2.05) is 60.7 Å². The average Bonchev–Trinajstić information content (AvgIpc) is 2.86. The van der Waals surface area contributed by atoms with Crippen molar-refractivity contribution >= 4 is 29.1 Å². The number of primary amides is 1. The molecule has 0 heterocycles. The molecule has 0 spiro atoms. The summed E-state index contributed by atoms with van der Waals surface area (Å²) in [6.07, 6.45) is 0.128. The Morgan fingerprint density at radius 3 is 1.97 bits per heavy atom. The summed E-state index contributed by atoms with van der Waals surface area (Å²) < 4.78 is 11.3. The molecule has 0 atom stereocenters. The molecule has 3 aromatic rings. The Labute approximate surface area is 204 Å². The van der Waals surface area contributed by atoms with Gasteiger partial charge >= 0.3 is 0 Å². The third-order valence-corrected chi connectivity index (χ3v) is 5.19. The average molecular weight is 478 g/mol. The molecule has 176 valence electrons. The Hall–Kier alpha value is -3.91. The summed E-state index contributed by atoms with van der Waals surface area (Å²) in [7, 11) is 0. The largest absolute Gasteiger partial charge is 0.490 e. The van der Waals surface area contributed by atoms with Crippen molar-refractivity contribution in [3.63, 3.8) is 0 Å². The van der Waals surface area contributed by atoms with Crippen molar-refractivity contribution in [1.29, 1.82) is 0 Å². The van der Waals surface area contributed by atoms with Crippen LogP contribution in [-0.2, 0) is 11.3 Å². The van der Waals surface area contributed by atoms with Crippen LogP contribution in [0.5, 0.6) is 11.5 Å². The second kappa shape index (κ2) is 13.0. The monoisotopic (exact) mass is 477 g/mol. The molecule has 0 aliphatic heterocycles. The molecule has 3 aromatic carbocycles.